The highest BCUT2D eigenvalue weighted by molar-refractivity contribution is 14.1. The van der Waals surface area contributed by atoms with Crippen LogP contribution in [0.25, 0.3) is 0 Å². The van der Waals surface area contributed by atoms with E-state index in [1.165, 1.54) is 18.3 Å². The number of phenols is 1. The lowest BCUT2D eigenvalue weighted by atomic mass is 10.2. The number of carbonyl (C=O) groups excluding carboxylic acids is 2. The Hall–Kier alpha value is -2.86. The van der Waals surface area contributed by atoms with Gasteiger partial charge >= 0.3 is 0 Å². The molecule has 0 saturated carbocycles. The van der Waals surface area contributed by atoms with Crippen molar-refractivity contribution in [1.29, 1.82) is 0 Å². The van der Waals surface area contributed by atoms with Crippen molar-refractivity contribution in [3.05, 3.63) is 68.2 Å². The Bertz CT molecular complexity index is 1020. The molecule has 3 aromatic rings. The minimum atomic E-state index is -0.360. The van der Waals surface area contributed by atoms with Gasteiger partial charge in [0, 0.05) is 3.57 Å². The average Bonchev–Trinajstić information content (AvgIpc) is 3.10. The number of aromatic hydroxyl groups is 1. The van der Waals surface area contributed by atoms with Crippen LogP contribution in [-0.2, 0) is 11.2 Å². The Kier molecular flexibility index (Phi) is 6.66. The summed E-state index contributed by atoms with van der Waals surface area (Å²) in [5.74, 6) is -0.486. The molecule has 0 bridgehead atoms. The Morgan fingerprint density at radius 3 is 2.64 bits per heavy atom. The summed E-state index contributed by atoms with van der Waals surface area (Å²) in [5, 5.41) is 24.3. The molecule has 8 nitrogen and oxygen atoms in total. The van der Waals surface area contributed by atoms with Crippen molar-refractivity contribution in [2.24, 2.45) is 5.10 Å². The summed E-state index contributed by atoms with van der Waals surface area (Å²) < 4.78 is 0.827. The van der Waals surface area contributed by atoms with E-state index in [2.05, 4.69) is 48.6 Å². The van der Waals surface area contributed by atoms with Crippen LogP contribution < -0.4 is 10.7 Å². The van der Waals surface area contributed by atoms with Crippen molar-refractivity contribution in [2.75, 3.05) is 5.32 Å². The third-order valence-corrected chi connectivity index (χ3v) is 5.19. The van der Waals surface area contributed by atoms with E-state index in [0.29, 0.717) is 15.7 Å². The second-order valence-electron chi connectivity index (χ2n) is 5.50. The fourth-order valence-corrected chi connectivity index (χ4v) is 3.47. The van der Waals surface area contributed by atoms with Crippen LogP contribution in [0.3, 0.4) is 0 Å². The van der Waals surface area contributed by atoms with Gasteiger partial charge in [0.1, 0.15) is 10.8 Å². The molecule has 0 unspecified atom stereocenters. The lowest BCUT2D eigenvalue weighted by Crippen LogP contribution is -2.19. The number of hydrogen-bond acceptors (Lipinski definition) is 7. The third kappa shape index (κ3) is 5.57. The average molecular weight is 507 g/mol. The zero-order valence-electron chi connectivity index (χ0n) is 14.3. The summed E-state index contributed by atoms with van der Waals surface area (Å²) in [6, 6.07) is 13.6. The van der Waals surface area contributed by atoms with Crippen LogP contribution in [0.2, 0.25) is 0 Å². The fourth-order valence-electron chi connectivity index (χ4n) is 2.10. The number of carbonyl (C=O) groups is 2. The van der Waals surface area contributed by atoms with Gasteiger partial charge < -0.3 is 5.11 Å². The van der Waals surface area contributed by atoms with E-state index in [4.69, 9.17) is 0 Å². The molecule has 0 aliphatic rings. The number of phenolic OH excluding ortho intramolecular Hbond substituents is 1. The summed E-state index contributed by atoms with van der Waals surface area (Å²) in [4.78, 5) is 24.2. The number of hydrazone groups is 1. The molecule has 0 radical (unpaired) electrons. The maximum atomic E-state index is 12.3. The van der Waals surface area contributed by atoms with E-state index in [0.717, 1.165) is 20.5 Å². The van der Waals surface area contributed by atoms with E-state index < -0.39 is 0 Å². The quantitative estimate of drug-likeness (QED) is 0.270. The van der Waals surface area contributed by atoms with Crippen molar-refractivity contribution in [3.8, 4) is 5.75 Å². The molecule has 0 spiro atoms. The zero-order chi connectivity index (χ0) is 19.9. The number of amides is 2. The second kappa shape index (κ2) is 9.37. The molecule has 0 atom stereocenters. The van der Waals surface area contributed by atoms with Crippen LogP contribution in [0.15, 0.2) is 53.6 Å². The summed E-state index contributed by atoms with van der Waals surface area (Å²) in [6.07, 6.45) is 1.45. The highest BCUT2D eigenvalue weighted by atomic mass is 127. The number of benzene rings is 2. The van der Waals surface area contributed by atoms with E-state index in [-0.39, 0.29) is 24.0 Å². The molecule has 0 aliphatic heterocycles. The number of hydrogen-bond donors (Lipinski definition) is 3. The fraction of sp³-hybridized carbons (Fsp3) is 0.0556. The molecule has 1 aromatic heterocycles. The molecule has 3 N–H and O–H groups in total. The van der Waals surface area contributed by atoms with Gasteiger partial charge in [0.25, 0.3) is 5.91 Å². The van der Waals surface area contributed by atoms with Gasteiger partial charge in [-0.1, -0.05) is 23.5 Å². The van der Waals surface area contributed by atoms with Gasteiger partial charge in [0.05, 0.1) is 18.2 Å². The standard InChI is InChI=1S/C18H14IN5O3S/c19-14-4-2-1-3-13(14)17(27)21-18-24-23-16(28-18)9-15(26)22-20-10-11-5-7-12(25)8-6-11/h1-8,10,25H,9H2,(H,22,26)(H,21,24,27)/b20-10-. The van der Waals surface area contributed by atoms with Crippen LogP contribution in [0, 0.1) is 3.57 Å². The molecule has 142 valence electrons. The molecule has 3 rings (SSSR count). The van der Waals surface area contributed by atoms with Gasteiger partial charge in [-0.05, 0) is 64.6 Å². The topological polar surface area (TPSA) is 117 Å². The smallest absolute Gasteiger partial charge is 0.258 e. The molecule has 2 aromatic carbocycles. The van der Waals surface area contributed by atoms with Gasteiger partial charge in [-0.3, -0.25) is 14.9 Å². The molecule has 28 heavy (non-hydrogen) atoms. The van der Waals surface area contributed by atoms with Crippen molar-refractivity contribution in [1.82, 2.24) is 15.6 Å². The summed E-state index contributed by atoms with van der Waals surface area (Å²) in [6.45, 7) is 0. The molecule has 0 aliphatic carbocycles. The summed E-state index contributed by atoms with van der Waals surface area (Å²) in [5.41, 5.74) is 3.67. The number of nitrogens with zero attached hydrogens (tertiary/aromatic N) is 3. The minimum Gasteiger partial charge on any atom is -0.508 e. The molecule has 0 fully saturated rings. The van der Waals surface area contributed by atoms with Crippen molar-refractivity contribution >= 4 is 57.1 Å². The van der Waals surface area contributed by atoms with E-state index in [9.17, 15) is 14.7 Å². The first-order valence-electron chi connectivity index (χ1n) is 8.00. The molecular weight excluding hydrogens is 493 g/mol. The zero-order valence-corrected chi connectivity index (χ0v) is 17.3. The lowest BCUT2D eigenvalue weighted by molar-refractivity contribution is -0.120. The Morgan fingerprint density at radius 1 is 1.14 bits per heavy atom. The van der Waals surface area contributed by atoms with Crippen molar-refractivity contribution < 1.29 is 14.7 Å². The number of aromatic nitrogens is 2. The van der Waals surface area contributed by atoms with Crippen molar-refractivity contribution in [3.63, 3.8) is 0 Å². The first-order valence-corrected chi connectivity index (χ1v) is 9.90. The number of halogens is 1. The molecule has 10 heteroatoms. The monoisotopic (exact) mass is 507 g/mol. The number of nitrogens with one attached hydrogen (secondary N) is 2. The molecule has 1 heterocycles. The van der Waals surface area contributed by atoms with Crippen LogP contribution in [-0.4, -0.2) is 33.3 Å². The first kappa shape index (κ1) is 19.9. The van der Waals surface area contributed by atoms with Crippen LogP contribution in [0.5, 0.6) is 5.75 Å². The second-order valence-corrected chi connectivity index (χ2v) is 7.72. The normalized spacial score (nSPS) is 10.8. The van der Waals surface area contributed by atoms with Gasteiger partial charge in [0.15, 0.2) is 0 Å². The SMILES string of the molecule is O=C(Cc1nnc(NC(=O)c2ccccc2I)s1)N/N=C\c1ccc(O)cc1. The van der Waals surface area contributed by atoms with Gasteiger partial charge in [-0.25, -0.2) is 5.43 Å². The number of rotatable bonds is 6. The highest BCUT2D eigenvalue weighted by Crippen LogP contribution is 2.18. The van der Waals surface area contributed by atoms with Crippen LogP contribution >= 0.6 is 33.9 Å². The lowest BCUT2D eigenvalue weighted by Gasteiger charge is -2.02. The molecule has 2 amide bonds. The predicted molar refractivity (Wildman–Crippen MR) is 115 cm³/mol. The van der Waals surface area contributed by atoms with E-state index >= 15 is 0 Å². The predicted octanol–water partition coefficient (Wildman–Crippen LogP) is 2.79. The minimum absolute atomic E-state index is 0.0106. The van der Waals surface area contributed by atoms with Gasteiger partial charge in [-0.2, -0.15) is 5.10 Å². The van der Waals surface area contributed by atoms with E-state index in [1.807, 2.05) is 12.1 Å². The molecule has 0 saturated heterocycles. The Balaban J connectivity index is 1.52. The van der Waals surface area contributed by atoms with Crippen molar-refractivity contribution in [2.45, 2.75) is 6.42 Å². The maximum absolute atomic E-state index is 12.3. The largest absolute Gasteiger partial charge is 0.508 e. The molecular formula is C18H14IN5O3S. The van der Waals surface area contributed by atoms with Gasteiger partial charge in [0.2, 0.25) is 11.0 Å². The highest BCUT2D eigenvalue weighted by Gasteiger charge is 2.14. The summed E-state index contributed by atoms with van der Waals surface area (Å²) in [7, 11) is 0. The third-order valence-electron chi connectivity index (χ3n) is 3.41. The van der Waals surface area contributed by atoms with Gasteiger partial charge in [-0.15, -0.1) is 10.2 Å². The van der Waals surface area contributed by atoms with Crippen LogP contribution in [0.4, 0.5) is 5.13 Å². The Labute approximate surface area is 177 Å². The first-order chi connectivity index (χ1) is 13.5. The Morgan fingerprint density at radius 2 is 1.89 bits per heavy atom. The maximum Gasteiger partial charge on any atom is 0.258 e. The number of anilines is 1. The van der Waals surface area contributed by atoms with E-state index in [1.54, 1.807) is 24.3 Å². The van der Waals surface area contributed by atoms with Crippen LogP contribution in [0.1, 0.15) is 20.9 Å². The summed E-state index contributed by atoms with van der Waals surface area (Å²) >= 11 is 3.21.